The number of carbonyl (C=O) groups is 1. The van der Waals surface area contributed by atoms with Crippen LogP contribution in [-0.2, 0) is 7.05 Å². The Balaban J connectivity index is 1.53. The minimum atomic E-state index is -2.68. The van der Waals surface area contributed by atoms with Gasteiger partial charge in [0, 0.05) is 37.5 Å². The summed E-state index contributed by atoms with van der Waals surface area (Å²) >= 11 is 0. The van der Waals surface area contributed by atoms with Crippen LogP contribution in [0.15, 0.2) is 24.4 Å². The maximum atomic E-state index is 13.7. The summed E-state index contributed by atoms with van der Waals surface area (Å²) in [7, 11) is 1.85. The highest BCUT2D eigenvalue weighted by molar-refractivity contribution is 5.93. The number of nitrogens with zero attached hydrogens (tertiary/aromatic N) is 6. The summed E-state index contributed by atoms with van der Waals surface area (Å²) in [6, 6.07) is 4.76. The smallest absolute Gasteiger partial charge is 0.280 e. The Labute approximate surface area is 172 Å². The number of fused-ring (bicyclic) bond motifs is 1. The lowest BCUT2D eigenvalue weighted by molar-refractivity contribution is 0.0669. The van der Waals surface area contributed by atoms with Crippen LogP contribution < -0.4 is 0 Å². The van der Waals surface area contributed by atoms with Gasteiger partial charge in [-0.25, -0.2) is 18.3 Å². The monoisotopic (exact) mass is 414 g/mol. The van der Waals surface area contributed by atoms with Gasteiger partial charge in [-0.15, -0.1) is 0 Å². The second-order valence-electron chi connectivity index (χ2n) is 8.26. The van der Waals surface area contributed by atoms with E-state index in [2.05, 4.69) is 15.2 Å². The van der Waals surface area contributed by atoms with Crippen molar-refractivity contribution in [3.05, 3.63) is 47.2 Å². The van der Waals surface area contributed by atoms with Gasteiger partial charge in [-0.05, 0) is 37.8 Å². The molecule has 3 aromatic heterocycles. The molecular formula is C21H24F2N6O. The number of aromatic nitrogens is 5. The first kappa shape index (κ1) is 19.1. The Hall–Kier alpha value is -2.84. The Morgan fingerprint density at radius 2 is 1.93 bits per heavy atom. The van der Waals surface area contributed by atoms with E-state index in [0.717, 1.165) is 48.7 Å². The van der Waals surface area contributed by atoms with E-state index in [0.29, 0.717) is 17.9 Å². The summed E-state index contributed by atoms with van der Waals surface area (Å²) in [5.74, 6) is -0.0214. The molecule has 0 aromatic carbocycles. The van der Waals surface area contributed by atoms with Gasteiger partial charge in [0.25, 0.3) is 12.3 Å². The maximum Gasteiger partial charge on any atom is 0.280 e. The van der Waals surface area contributed by atoms with Gasteiger partial charge in [0.2, 0.25) is 0 Å². The van der Waals surface area contributed by atoms with Gasteiger partial charge in [0.1, 0.15) is 5.69 Å². The van der Waals surface area contributed by atoms with E-state index in [9.17, 15) is 13.6 Å². The first-order valence-electron chi connectivity index (χ1n) is 10.5. The van der Waals surface area contributed by atoms with Crippen LogP contribution in [0.1, 0.15) is 84.5 Å². The van der Waals surface area contributed by atoms with Gasteiger partial charge >= 0.3 is 0 Å². The fraction of sp³-hybridized carbons (Fsp3) is 0.524. The number of likely N-dealkylation sites (tertiary alicyclic amines) is 1. The van der Waals surface area contributed by atoms with Gasteiger partial charge < -0.3 is 4.90 Å². The van der Waals surface area contributed by atoms with Crippen LogP contribution in [0.4, 0.5) is 8.78 Å². The molecule has 30 heavy (non-hydrogen) atoms. The second-order valence-corrected chi connectivity index (χ2v) is 8.26. The Bertz CT molecular complexity index is 1090. The summed E-state index contributed by atoms with van der Waals surface area (Å²) < 4.78 is 30.2. The van der Waals surface area contributed by atoms with E-state index in [4.69, 9.17) is 0 Å². The maximum absolute atomic E-state index is 13.7. The summed E-state index contributed by atoms with van der Waals surface area (Å²) in [5, 5.41) is 8.76. The predicted octanol–water partition coefficient (Wildman–Crippen LogP) is 4.04. The molecule has 0 radical (unpaired) electrons. The van der Waals surface area contributed by atoms with E-state index >= 15 is 0 Å². The van der Waals surface area contributed by atoms with Crippen molar-refractivity contribution in [2.24, 2.45) is 7.05 Å². The highest BCUT2D eigenvalue weighted by atomic mass is 19.3. The van der Waals surface area contributed by atoms with Crippen molar-refractivity contribution < 1.29 is 13.6 Å². The molecule has 158 valence electrons. The molecule has 0 bridgehead atoms. The zero-order valence-electron chi connectivity index (χ0n) is 16.8. The molecule has 1 atom stereocenters. The van der Waals surface area contributed by atoms with Crippen molar-refractivity contribution in [2.45, 2.75) is 56.9 Å². The van der Waals surface area contributed by atoms with E-state index in [1.54, 1.807) is 15.6 Å². The molecule has 1 aliphatic carbocycles. The predicted molar refractivity (Wildman–Crippen MR) is 105 cm³/mol. The van der Waals surface area contributed by atoms with Crippen LogP contribution in [0.3, 0.4) is 0 Å². The van der Waals surface area contributed by atoms with Gasteiger partial charge in [0.05, 0.1) is 11.7 Å². The largest absolute Gasteiger partial charge is 0.329 e. The molecule has 1 aliphatic heterocycles. The summed E-state index contributed by atoms with van der Waals surface area (Å²) in [4.78, 5) is 19.7. The summed E-state index contributed by atoms with van der Waals surface area (Å²) in [5.41, 5.74) is 1.76. The molecule has 1 amide bonds. The van der Waals surface area contributed by atoms with Gasteiger partial charge in [-0.2, -0.15) is 10.2 Å². The average Bonchev–Trinajstić information content (AvgIpc) is 3.42. The minimum Gasteiger partial charge on any atom is -0.329 e. The van der Waals surface area contributed by atoms with Crippen LogP contribution in [-0.4, -0.2) is 41.7 Å². The molecule has 1 unspecified atom stereocenters. The Morgan fingerprint density at radius 3 is 2.63 bits per heavy atom. The SMILES string of the molecule is Cn1ccc(C2CCCCCN2C(=O)c2cc3nc(C4CC4)cc(C(F)F)n3n2)n1. The van der Waals surface area contributed by atoms with Crippen molar-refractivity contribution in [3.63, 3.8) is 0 Å². The number of hydrogen-bond donors (Lipinski definition) is 0. The molecule has 3 aromatic rings. The highest BCUT2D eigenvalue weighted by Gasteiger charge is 2.32. The minimum absolute atomic E-state index is 0.143. The first-order valence-corrected chi connectivity index (χ1v) is 10.5. The molecule has 5 rings (SSSR count). The molecule has 7 nitrogen and oxygen atoms in total. The number of aryl methyl sites for hydroxylation is 1. The number of carbonyl (C=O) groups excluding carboxylic acids is 1. The van der Waals surface area contributed by atoms with Crippen LogP contribution in [0.2, 0.25) is 0 Å². The Morgan fingerprint density at radius 1 is 1.10 bits per heavy atom. The third kappa shape index (κ3) is 3.46. The third-order valence-electron chi connectivity index (χ3n) is 6.00. The zero-order valence-corrected chi connectivity index (χ0v) is 16.8. The number of alkyl halides is 2. The molecule has 1 saturated heterocycles. The second kappa shape index (κ2) is 7.45. The fourth-order valence-electron chi connectivity index (χ4n) is 4.28. The zero-order chi connectivity index (χ0) is 20.8. The first-order chi connectivity index (χ1) is 14.5. The highest BCUT2D eigenvalue weighted by Crippen LogP contribution is 2.40. The molecule has 2 fully saturated rings. The van der Waals surface area contributed by atoms with Crippen molar-refractivity contribution in [2.75, 3.05) is 6.54 Å². The standard InChI is InChI=1S/C21H24F2N6O/c1-27-10-8-14(25-27)17-5-3-2-4-9-28(17)21(30)16-12-19-24-15(13-6-7-13)11-18(20(22)23)29(19)26-16/h8,10-13,17,20H,2-7,9H2,1H3. The molecule has 0 spiro atoms. The lowest BCUT2D eigenvalue weighted by Crippen LogP contribution is -2.35. The Kier molecular flexibility index (Phi) is 4.75. The molecule has 9 heteroatoms. The number of hydrogen-bond acceptors (Lipinski definition) is 4. The van der Waals surface area contributed by atoms with E-state index < -0.39 is 6.43 Å². The quantitative estimate of drug-likeness (QED) is 0.646. The normalized spacial score (nSPS) is 20.1. The van der Waals surface area contributed by atoms with Gasteiger partial charge in [-0.3, -0.25) is 9.48 Å². The van der Waals surface area contributed by atoms with Crippen LogP contribution >= 0.6 is 0 Å². The summed E-state index contributed by atoms with van der Waals surface area (Å²) in [6.07, 6.45) is 4.88. The molecule has 1 saturated carbocycles. The lowest BCUT2D eigenvalue weighted by Gasteiger charge is -2.28. The lowest BCUT2D eigenvalue weighted by atomic mass is 10.1. The molecular weight excluding hydrogens is 390 g/mol. The van der Waals surface area contributed by atoms with E-state index in [1.807, 2.05) is 19.3 Å². The number of rotatable bonds is 4. The van der Waals surface area contributed by atoms with E-state index in [-0.39, 0.29) is 29.3 Å². The fourth-order valence-corrected chi connectivity index (χ4v) is 4.28. The van der Waals surface area contributed by atoms with Crippen molar-refractivity contribution in [1.82, 2.24) is 29.3 Å². The average molecular weight is 414 g/mol. The van der Waals surface area contributed by atoms with Crippen molar-refractivity contribution >= 4 is 11.6 Å². The van der Waals surface area contributed by atoms with Gasteiger partial charge in [0.15, 0.2) is 11.3 Å². The molecule has 2 aliphatic rings. The van der Waals surface area contributed by atoms with Crippen molar-refractivity contribution in [3.8, 4) is 0 Å². The topological polar surface area (TPSA) is 68.3 Å². The van der Waals surface area contributed by atoms with Crippen LogP contribution in [0.5, 0.6) is 0 Å². The van der Waals surface area contributed by atoms with Gasteiger partial charge in [-0.1, -0.05) is 12.8 Å². The van der Waals surface area contributed by atoms with Crippen molar-refractivity contribution in [1.29, 1.82) is 0 Å². The third-order valence-corrected chi connectivity index (χ3v) is 6.00. The molecule has 0 N–H and O–H groups in total. The van der Waals surface area contributed by atoms with Crippen LogP contribution in [0, 0.1) is 0 Å². The number of amides is 1. The molecule has 4 heterocycles. The van der Waals surface area contributed by atoms with Crippen LogP contribution in [0.25, 0.3) is 5.65 Å². The number of halogens is 2. The summed E-state index contributed by atoms with van der Waals surface area (Å²) in [6.45, 7) is 0.594. The van der Waals surface area contributed by atoms with E-state index in [1.165, 1.54) is 6.07 Å².